The van der Waals surface area contributed by atoms with Crippen LogP contribution in [-0.4, -0.2) is 19.6 Å². The van der Waals surface area contributed by atoms with E-state index in [1.54, 1.807) is 6.20 Å². The Labute approximate surface area is 85.9 Å². The van der Waals surface area contributed by atoms with Gasteiger partial charge in [0.1, 0.15) is 5.82 Å². The van der Waals surface area contributed by atoms with E-state index in [0.717, 1.165) is 18.2 Å². The number of rotatable bonds is 2. The van der Waals surface area contributed by atoms with Crippen LogP contribution in [0.5, 0.6) is 0 Å². The second-order valence-electron chi connectivity index (χ2n) is 3.68. The van der Waals surface area contributed by atoms with E-state index in [1.165, 1.54) is 12.8 Å². The number of halogens is 1. The first kappa shape index (κ1) is 8.17. The molecule has 4 nitrogen and oxygen atoms in total. The fourth-order valence-corrected chi connectivity index (χ4v) is 1.75. The van der Waals surface area contributed by atoms with E-state index in [1.807, 2.05) is 10.6 Å². The normalized spacial score (nSPS) is 16.4. The molecule has 2 aromatic rings. The fraction of sp³-hybridized carbons (Fsp3) is 0.444. The minimum atomic E-state index is 0.419. The maximum Gasteiger partial charge on any atom is 0.198 e. The van der Waals surface area contributed by atoms with E-state index in [4.69, 9.17) is 11.6 Å². The summed E-state index contributed by atoms with van der Waals surface area (Å²) in [4.78, 5) is 3.96. The van der Waals surface area contributed by atoms with Gasteiger partial charge in [-0.1, -0.05) is 11.6 Å². The molecular formula is C9H9ClN4. The molecule has 72 valence electrons. The molecule has 0 radical (unpaired) electrons. The summed E-state index contributed by atoms with van der Waals surface area (Å²) in [7, 11) is 0. The summed E-state index contributed by atoms with van der Waals surface area (Å²) in [5.74, 6) is 1.79. The first-order chi connectivity index (χ1) is 6.84. The van der Waals surface area contributed by atoms with Crippen molar-refractivity contribution < 1.29 is 0 Å². The molecule has 3 rings (SSSR count). The SMILES string of the molecule is Clc1nccn2c(CC3CC3)nnc12. The third kappa shape index (κ3) is 1.26. The number of nitrogens with zero attached hydrogens (tertiary/aromatic N) is 4. The molecule has 1 aliphatic rings. The molecule has 0 aromatic carbocycles. The number of aromatic nitrogens is 4. The lowest BCUT2D eigenvalue weighted by Gasteiger charge is -1.97. The standard InChI is InChI=1S/C9H9ClN4/c10-8-9-13-12-7(5-6-1-2-6)14(9)4-3-11-8/h3-4,6H,1-2,5H2. The van der Waals surface area contributed by atoms with Gasteiger partial charge in [-0.05, 0) is 18.8 Å². The van der Waals surface area contributed by atoms with E-state index in [0.29, 0.717) is 10.8 Å². The van der Waals surface area contributed by atoms with Crippen molar-refractivity contribution in [3.63, 3.8) is 0 Å². The lowest BCUT2D eigenvalue weighted by atomic mass is 10.3. The topological polar surface area (TPSA) is 43.1 Å². The Hall–Kier alpha value is -1.16. The largest absolute Gasteiger partial charge is 0.282 e. The molecule has 0 saturated heterocycles. The molecule has 0 atom stereocenters. The number of fused-ring (bicyclic) bond motifs is 1. The highest BCUT2D eigenvalue weighted by molar-refractivity contribution is 6.32. The maximum atomic E-state index is 5.89. The van der Waals surface area contributed by atoms with E-state index in [9.17, 15) is 0 Å². The van der Waals surface area contributed by atoms with Crippen molar-refractivity contribution in [3.8, 4) is 0 Å². The summed E-state index contributed by atoms with van der Waals surface area (Å²) in [6.07, 6.45) is 7.16. The van der Waals surface area contributed by atoms with Gasteiger partial charge in [0, 0.05) is 18.8 Å². The van der Waals surface area contributed by atoms with Crippen LogP contribution in [0, 0.1) is 5.92 Å². The Morgan fingerprint density at radius 2 is 2.29 bits per heavy atom. The van der Waals surface area contributed by atoms with Gasteiger partial charge in [-0.3, -0.25) is 4.40 Å². The molecule has 1 aliphatic carbocycles. The molecule has 0 N–H and O–H groups in total. The lowest BCUT2D eigenvalue weighted by Crippen LogP contribution is -1.96. The van der Waals surface area contributed by atoms with Crippen molar-refractivity contribution in [2.75, 3.05) is 0 Å². The lowest BCUT2D eigenvalue weighted by molar-refractivity contribution is 0.757. The van der Waals surface area contributed by atoms with Gasteiger partial charge in [-0.2, -0.15) is 0 Å². The van der Waals surface area contributed by atoms with Crippen LogP contribution >= 0.6 is 11.6 Å². The van der Waals surface area contributed by atoms with Gasteiger partial charge >= 0.3 is 0 Å². The van der Waals surface area contributed by atoms with Gasteiger partial charge in [0.25, 0.3) is 0 Å². The van der Waals surface area contributed by atoms with Crippen LogP contribution in [0.15, 0.2) is 12.4 Å². The summed E-state index contributed by atoms with van der Waals surface area (Å²) in [6.45, 7) is 0. The van der Waals surface area contributed by atoms with Crippen LogP contribution in [-0.2, 0) is 6.42 Å². The molecule has 0 spiro atoms. The summed E-state index contributed by atoms with van der Waals surface area (Å²) in [5, 5.41) is 8.56. The van der Waals surface area contributed by atoms with Crippen LogP contribution in [0.3, 0.4) is 0 Å². The quantitative estimate of drug-likeness (QED) is 0.755. The monoisotopic (exact) mass is 208 g/mol. The predicted molar refractivity (Wildman–Crippen MR) is 52.2 cm³/mol. The van der Waals surface area contributed by atoms with Crippen molar-refractivity contribution >= 4 is 17.2 Å². The van der Waals surface area contributed by atoms with Gasteiger partial charge in [0.2, 0.25) is 0 Å². The highest BCUT2D eigenvalue weighted by Gasteiger charge is 2.24. The molecule has 1 fully saturated rings. The maximum absolute atomic E-state index is 5.89. The highest BCUT2D eigenvalue weighted by Crippen LogP contribution is 2.32. The predicted octanol–water partition coefficient (Wildman–Crippen LogP) is 1.73. The third-order valence-electron chi connectivity index (χ3n) is 2.52. The molecule has 1 saturated carbocycles. The van der Waals surface area contributed by atoms with Crippen LogP contribution in [0.1, 0.15) is 18.7 Å². The first-order valence-electron chi connectivity index (χ1n) is 4.69. The molecule has 2 heterocycles. The summed E-state index contributed by atoms with van der Waals surface area (Å²) >= 11 is 5.89. The summed E-state index contributed by atoms with van der Waals surface area (Å²) in [5.41, 5.74) is 0.657. The van der Waals surface area contributed by atoms with E-state index in [2.05, 4.69) is 15.2 Å². The molecule has 0 amide bonds. The Morgan fingerprint density at radius 3 is 3.07 bits per heavy atom. The smallest absolute Gasteiger partial charge is 0.198 e. The van der Waals surface area contributed by atoms with E-state index in [-0.39, 0.29) is 0 Å². The minimum Gasteiger partial charge on any atom is -0.282 e. The number of hydrogen-bond donors (Lipinski definition) is 0. The molecule has 2 aromatic heterocycles. The Morgan fingerprint density at radius 1 is 1.43 bits per heavy atom. The average molecular weight is 209 g/mol. The molecule has 0 unspecified atom stereocenters. The molecule has 0 bridgehead atoms. The number of hydrogen-bond acceptors (Lipinski definition) is 3. The van der Waals surface area contributed by atoms with Crippen molar-refractivity contribution in [2.45, 2.75) is 19.3 Å². The van der Waals surface area contributed by atoms with Crippen LogP contribution in [0.25, 0.3) is 5.65 Å². The van der Waals surface area contributed by atoms with E-state index < -0.39 is 0 Å². The van der Waals surface area contributed by atoms with E-state index >= 15 is 0 Å². The minimum absolute atomic E-state index is 0.419. The first-order valence-corrected chi connectivity index (χ1v) is 5.06. The van der Waals surface area contributed by atoms with Crippen LogP contribution < -0.4 is 0 Å². The zero-order valence-corrected chi connectivity index (χ0v) is 8.28. The second kappa shape index (κ2) is 2.92. The Balaban J connectivity index is 2.10. The molecular weight excluding hydrogens is 200 g/mol. The van der Waals surface area contributed by atoms with Crippen molar-refractivity contribution in [2.24, 2.45) is 5.92 Å². The van der Waals surface area contributed by atoms with Gasteiger partial charge in [0.05, 0.1) is 0 Å². The third-order valence-corrected chi connectivity index (χ3v) is 2.79. The second-order valence-corrected chi connectivity index (χ2v) is 4.03. The highest BCUT2D eigenvalue weighted by atomic mass is 35.5. The fourth-order valence-electron chi connectivity index (χ4n) is 1.56. The van der Waals surface area contributed by atoms with Gasteiger partial charge in [-0.15, -0.1) is 10.2 Å². The van der Waals surface area contributed by atoms with Gasteiger partial charge in [-0.25, -0.2) is 4.98 Å². The Bertz CT molecular complexity index is 475. The van der Waals surface area contributed by atoms with Crippen molar-refractivity contribution in [3.05, 3.63) is 23.4 Å². The Kier molecular flexibility index (Phi) is 1.70. The van der Waals surface area contributed by atoms with Crippen molar-refractivity contribution in [1.29, 1.82) is 0 Å². The zero-order chi connectivity index (χ0) is 9.54. The van der Waals surface area contributed by atoms with Crippen LogP contribution in [0.4, 0.5) is 0 Å². The zero-order valence-electron chi connectivity index (χ0n) is 7.52. The van der Waals surface area contributed by atoms with Gasteiger partial charge in [0.15, 0.2) is 10.8 Å². The molecule has 0 aliphatic heterocycles. The summed E-state index contributed by atoms with van der Waals surface area (Å²) in [6, 6.07) is 0. The average Bonchev–Trinajstić information content (AvgIpc) is 2.88. The molecule has 5 heteroatoms. The molecule has 14 heavy (non-hydrogen) atoms. The van der Waals surface area contributed by atoms with Crippen molar-refractivity contribution in [1.82, 2.24) is 19.6 Å². The summed E-state index contributed by atoms with van der Waals surface area (Å²) < 4.78 is 1.92. The van der Waals surface area contributed by atoms with Crippen LogP contribution in [0.2, 0.25) is 5.15 Å². The van der Waals surface area contributed by atoms with Gasteiger partial charge < -0.3 is 0 Å².